The van der Waals surface area contributed by atoms with Gasteiger partial charge in [0.1, 0.15) is 0 Å². The SMILES string of the molecule is Cc1cc(Br)c(Br)cc1S(N)(=O)=O. The van der Waals surface area contributed by atoms with Gasteiger partial charge in [-0.15, -0.1) is 0 Å². The minimum Gasteiger partial charge on any atom is -0.225 e. The number of sulfonamides is 1. The number of primary sulfonamides is 1. The van der Waals surface area contributed by atoms with E-state index in [-0.39, 0.29) is 4.90 Å². The fourth-order valence-corrected chi connectivity index (χ4v) is 2.68. The summed E-state index contributed by atoms with van der Waals surface area (Å²) < 4.78 is 23.6. The minimum absolute atomic E-state index is 0.141. The van der Waals surface area contributed by atoms with Crippen LogP contribution < -0.4 is 5.14 Å². The molecule has 0 radical (unpaired) electrons. The van der Waals surface area contributed by atoms with Crippen LogP contribution in [0.2, 0.25) is 0 Å². The van der Waals surface area contributed by atoms with Crippen molar-refractivity contribution in [2.75, 3.05) is 0 Å². The van der Waals surface area contributed by atoms with Gasteiger partial charge in [0, 0.05) is 8.95 Å². The molecule has 0 bridgehead atoms. The van der Waals surface area contributed by atoms with Crippen molar-refractivity contribution >= 4 is 41.9 Å². The van der Waals surface area contributed by atoms with Gasteiger partial charge >= 0.3 is 0 Å². The van der Waals surface area contributed by atoms with Crippen molar-refractivity contribution in [1.29, 1.82) is 0 Å². The van der Waals surface area contributed by atoms with Gasteiger partial charge in [-0.1, -0.05) is 0 Å². The Morgan fingerprint density at radius 3 is 2.15 bits per heavy atom. The number of benzene rings is 1. The third-order valence-corrected chi connectivity index (χ3v) is 4.42. The first kappa shape index (κ1) is 11.2. The first-order chi connectivity index (χ1) is 5.82. The van der Waals surface area contributed by atoms with E-state index in [1.165, 1.54) is 6.07 Å². The highest BCUT2D eigenvalue weighted by Gasteiger charge is 2.13. The van der Waals surface area contributed by atoms with Crippen molar-refractivity contribution in [2.45, 2.75) is 11.8 Å². The average molecular weight is 329 g/mol. The van der Waals surface area contributed by atoms with Crippen molar-refractivity contribution in [3.05, 3.63) is 26.6 Å². The predicted octanol–water partition coefficient (Wildman–Crippen LogP) is 2.17. The van der Waals surface area contributed by atoms with Crippen LogP contribution in [0.3, 0.4) is 0 Å². The quantitative estimate of drug-likeness (QED) is 0.858. The zero-order valence-corrected chi connectivity index (χ0v) is 10.7. The van der Waals surface area contributed by atoms with Gasteiger partial charge in [0.2, 0.25) is 10.0 Å². The fourth-order valence-electron chi connectivity index (χ4n) is 0.935. The van der Waals surface area contributed by atoms with E-state index in [1.807, 2.05) is 0 Å². The van der Waals surface area contributed by atoms with E-state index < -0.39 is 10.0 Å². The molecule has 3 nitrogen and oxygen atoms in total. The van der Waals surface area contributed by atoms with Crippen molar-refractivity contribution < 1.29 is 8.42 Å². The molecule has 0 unspecified atom stereocenters. The number of aryl methyl sites for hydroxylation is 1. The molecular formula is C7H7Br2NO2S. The largest absolute Gasteiger partial charge is 0.238 e. The standard InChI is InChI=1S/C7H7Br2NO2S/c1-4-2-5(8)6(9)3-7(4)13(10,11)12/h2-3H,1H3,(H2,10,11,12). The van der Waals surface area contributed by atoms with Crippen LogP contribution in [0.25, 0.3) is 0 Å². The molecule has 0 heterocycles. The lowest BCUT2D eigenvalue weighted by Gasteiger charge is -2.05. The molecule has 0 saturated carbocycles. The van der Waals surface area contributed by atoms with E-state index in [1.54, 1.807) is 13.0 Å². The summed E-state index contributed by atoms with van der Waals surface area (Å²) in [5, 5.41) is 5.01. The molecule has 0 aliphatic rings. The van der Waals surface area contributed by atoms with Gasteiger partial charge in [-0.05, 0) is 56.5 Å². The van der Waals surface area contributed by atoms with Crippen molar-refractivity contribution in [2.24, 2.45) is 5.14 Å². The summed E-state index contributed by atoms with van der Waals surface area (Å²) >= 11 is 6.47. The van der Waals surface area contributed by atoms with Crippen molar-refractivity contribution in [3.8, 4) is 0 Å². The molecule has 1 rings (SSSR count). The monoisotopic (exact) mass is 327 g/mol. The Labute approximate surface area is 93.6 Å². The average Bonchev–Trinajstić information content (AvgIpc) is 1.94. The van der Waals surface area contributed by atoms with E-state index >= 15 is 0 Å². The molecule has 2 N–H and O–H groups in total. The lowest BCUT2D eigenvalue weighted by molar-refractivity contribution is 0.597. The third-order valence-electron chi connectivity index (χ3n) is 1.52. The van der Waals surface area contributed by atoms with Crippen LogP contribution in [0, 0.1) is 6.92 Å². The number of nitrogens with two attached hydrogens (primary N) is 1. The Balaban J connectivity index is 3.50. The van der Waals surface area contributed by atoms with E-state index in [4.69, 9.17) is 5.14 Å². The molecule has 0 aliphatic heterocycles. The summed E-state index contributed by atoms with van der Waals surface area (Å²) in [5.74, 6) is 0. The Morgan fingerprint density at radius 2 is 1.69 bits per heavy atom. The molecule has 6 heteroatoms. The van der Waals surface area contributed by atoms with E-state index in [2.05, 4.69) is 31.9 Å². The smallest absolute Gasteiger partial charge is 0.225 e. The molecule has 0 saturated heterocycles. The van der Waals surface area contributed by atoms with Gasteiger partial charge in [-0.2, -0.15) is 0 Å². The number of hydrogen-bond donors (Lipinski definition) is 1. The van der Waals surface area contributed by atoms with Crippen molar-refractivity contribution in [3.63, 3.8) is 0 Å². The highest BCUT2D eigenvalue weighted by Crippen LogP contribution is 2.28. The van der Waals surface area contributed by atoms with Crippen LogP contribution in [0.15, 0.2) is 26.0 Å². The summed E-state index contributed by atoms with van der Waals surface area (Å²) in [5.41, 5.74) is 0.623. The van der Waals surface area contributed by atoms with Gasteiger partial charge in [0.25, 0.3) is 0 Å². The molecule has 0 amide bonds. The van der Waals surface area contributed by atoms with Gasteiger partial charge in [0.05, 0.1) is 4.90 Å². The second-order valence-corrected chi connectivity index (χ2v) is 5.82. The lowest BCUT2D eigenvalue weighted by Crippen LogP contribution is -2.13. The number of rotatable bonds is 1. The number of hydrogen-bond acceptors (Lipinski definition) is 2. The molecule has 0 spiro atoms. The van der Waals surface area contributed by atoms with Gasteiger partial charge < -0.3 is 0 Å². The highest BCUT2D eigenvalue weighted by atomic mass is 79.9. The van der Waals surface area contributed by atoms with Gasteiger partial charge in [-0.25, -0.2) is 13.6 Å². The van der Waals surface area contributed by atoms with Crippen LogP contribution in [0.1, 0.15) is 5.56 Å². The molecule has 0 atom stereocenters. The Bertz CT molecular complexity index is 442. The van der Waals surface area contributed by atoms with Crippen LogP contribution >= 0.6 is 31.9 Å². The fraction of sp³-hybridized carbons (Fsp3) is 0.143. The molecule has 72 valence electrons. The lowest BCUT2D eigenvalue weighted by atomic mass is 10.2. The Kier molecular flexibility index (Phi) is 3.16. The first-order valence-corrected chi connectivity index (χ1v) is 6.44. The van der Waals surface area contributed by atoms with Crippen LogP contribution in [0.4, 0.5) is 0 Å². The summed E-state index contributed by atoms with van der Waals surface area (Å²) in [6.45, 7) is 1.69. The van der Waals surface area contributed by atoms with E-state index in [0.717, 1.165) is 4.47 Å². The molecule has 1 aromatic carbocycles. The maximum atomic E-state index is 11.1. The molecular weight excluding hydrogens is 322 g/mol. The molecule has 0 aliphatic carbocycles. The first-order valence-electron chi connectivity index (χ1n) is 3.31. The Hall–Kier alpha value is 0.0900. The molecule has 13 heavy (non-hydrogen) atoms. The van der Waals surface area contributed by atoms with E-state index in [9.17, 15) is 8.42 Å². The maximum absolute atomic E-state index is 11.1. The molecule has 1 aromatic rings. The Morgan fingerprint density at radius 1 is 1.23 bits per heavy atom. The third kappa shape index (κ3) is 2.52. The second kappa shape index (κ2) is 3.68. The summed E-state index contributed by atoms with van der Waals surface area (Å²) in [7, 11) is -3.62. The highest BCUT2D eigenvalue weighted by molar-refractivity contribution is 9.13. The summed E-state index contributed by atoms with van der Waals surface area (Å²) in [4.78, 5) is 0.141. The topological polar surface area (TPSA) is 60.2 Å². The zero-order chi connectivity index (χ0) is 10.2. The van der Waals surface area contributed by atoms with Crippen LogP contribution in [-0.4, -0.2) is 8.42 Å². The summed E-state index contributed by atoms with van der Waals surface area (Å²) in [6, 6.07) is 3.18. The molecule has 0 aromatic heterocycles. The van der Waals surface area contributed by atoms with Gasteiger partial charge in [-0.3, -0.25) is 0 Å². The van der Waals surface area contributed by atoms with Gasteiger partial charge in [0.15, 0.2) is 0 Å². The minimum atomic E-state index is -3.62. The maximum Gasteiger partial charge on any atom is 0.238 e. The summed E-state index contributed by atoms with van der Waals surface area (Å²) in [6.07, 6.45) is 0. The molecule has 0 fully saturated rings. The number of halogens is 2. The van der Waals surface area contributed by atoms with Crippen molar-refractivity contribution in [1.82, 2.24) is 0 Å². The second-order valence-electron chi connectivity index (χ2n) is 2.58. The predicted molar refractivity (Wildman–Crippen MR) is 58.0 cm³/mol. The van der Waals surface area contributed by atoms with Crippen LogP contribution in [-0.2, 0) is 10.0 Å². The van der Waals surface area contributed by atoms with E-state index in [0.29, 0.717) is 10.0 Å². The zero-order valence-electron chi connectivity index (χ0n) is 6.71. The van der Waals surface area contributed by atoms with Crippen LogP contribution in [0.5, 0.6) is 0 Å². The normalized spacial score (nSPS) is 11.7.